The van der Waals surface area contributed by atoms with Crippen LogP contribution in [-0.4, -0.2) is 84.5 Å². The Labute approximate surface area is 300 Å². The number of halogens is 6. The number of hydrogen-bond acceptors (Lipinski definition) is 10. The predicted molar refractivity (Wildman–Crippen MR) is 187 cm³/mol. The third kappa shape index (κ3) is 8.07. The van der Waals surface area contributed by atoms with E-state index in [2.05, 4.69) is 20.2 Å². The normalized spacial score (nSPS) is 18.3. The molecule has 3 fully saturated rings. The van der Waals surface area contributed by atoms with Crippen molar-refractivity contribution < 1.29 is 40.6 Å². The fourth-order valence-electron chi connectivity index (χ4n) is 6.74. The van der Waals surface area contributed by atoms with Crippen LogP contribution in [0.15, 0.2) is 18.2 Å². The molecule has 3 saturated heterocycles. The number of carbonyl (C=O) groups excluding carboxylic acids is 1. The molecule has 3 N–H and O–H groups in total. The SMILES string of the molecule is CCNc1nc(OC)nc2c(F)c(-c3ccc(F)c4sc(N)c(C#N)c34)c(C(F)(F)F)cc12.CCOC(=O)N1CCCC1.FC1CC2CCCN2C1. The summed E-state index contributed by atoms with van der Waals surface area (Å²) in [5.41, 5.74) is 2.59. The Morgan fingerprint density at radius 3 is 2.50 bits per heavy atom. The summed E-state index contributed by atoms with van der Waals surface area (Å²) < 4.78 is 95.0. The Balaban J connectivity index is 0.000000221. The third-order valence-electron chi connectivity index (χ3n) is 9.03. The van der Waals surface area contributed by atoms with Crippen molar-refractivity contribution in [3.05, 3.63) is 41.0 Å². The second-order valence-corrected chi connectivity index (χ2v) is 13.4. The number of methoxy groups -OCH3 is 1. The Kier molecular flexibility index (Phi) is 12.2. The number of likely N-dealkylation sites (tertiary alicyclic amines) is 1. The second kappa shape index (κ2) is 16.4. The van der Waals surface area contributed by atoms with E-state index in [1.807, 2.05) is 6.92 Å². The number of amides is 1. The van der Waals surface area contributed by atoms with Crippen LogP contribution in [0.25, 0.3) is 32.1 Å². The molecule has 7 rings (SSSR count). The highest BCUT2D eigenvalue weighted by atomic mass is 32.1. The van der Waals surface area contributed by atoms with Crippen LogP contribution in [0.2, 0.25) is 0 Å². The van der Waals surface area contributed by atoms with Gasteiger partial charge in [-0.1, -0.05) is 6.07 Å². The van der Waals surface area contributed by atoms with Gasteiger partial charge >= 0.3 is 18.3 Å². The van der Waals surface area contributed by atoms with Gasteiger partial charge in [0, 0.05) is 48.6 Å². The number of nitrogens with zero attached hydrogens (tertiary/aromatic N) is 5. The highest BCUT2D eigenvalue weighted by molar-refractivity contribution is 7.23. The lowest BCUT2D eigenvalue weighted by Gasteiger charge is -2.18. The van der Waals surface area contributed by atoms with Gasteiger partial charge in [0.1, 0.15) is 34.4 Å². The number of ether oxygens (including phenoxy) is 2. The summed E-state index contributed by atoms with van der Waals surface area (Å²) in [6.07, 6.45) is -0.0894. The second-order valence-electron chi connectivity index (χ2n) is 12.4. The number of anilines is 2. The number of nitrogen functional groups attached to an aromatic ring is 1. The summed E-state index contributed by atoms with van der Waals surface area (Å²) in [4.78, 5) is 22.9. The summed E-state index contributed by atoms with van der Waals surface area (Å²) >= 11 is 0.698. The van der Waals surface area contributed by atoms with E-state index in [-0.39, 0.29) is 56.1 Å². The van der Waals surface area contributed by atoms with Gasteiger partial charge in [0.2, 0.25) is 0 Å². The van der Waals surface area contributed by atoms with E-state index < -0.39 is 40.6 Å². The maximum absolute atomic E-state index is 15.9. The van der Waals surface area contributed by atoms with Crippen LogP contribution in [0.3, 0.4) is 0 Å². The zero-order valence-corrected chi connectivity index (χ0v) is 29.7. The fraction of sp³-hybridized carbons (Fsp3) is 0.486. The lowest BCUT2D eigenvalue weighted by Crippen LogP contribution is -2.28. The molecule has 17 heteroatoms. The summed E-state index contributed by atoms with van der Waals surface area (Å²) in [5, 5.41) is 11.8. The third-order valence-corrected chi connectivity index (χ3v) is 10.1. The van der Waals surface area contributed by atoms with E-state index in [9.17, 15) is 32.0 Å². The van der Waals surface area contributed by atoms with E-state index in [0.717, 1.165) is 57.1 Å². The quantitative estimate of drug-likeness (QED) is 0.194. The fourth-order valence-corrected chi connectivity index (χ4v) is 7.69. The van der Waals surface area contributed by atoms with Crippen LogP contribution in [0, 0.1) is 23.0 Å². The van der Waals surface area contributed by atoms with Crippen molar-refractivity contribution in [1.29, 1.82) is 5.26 Å². The van der Waals surface area contributed by atoms with Crippen LogP contribution in [0.4, 0.5) is 42.0 Å². The predicted octanol–water partition coefficient (Wildman–Crippen LogP) is 8.13. The molecule has 0 saturated carbocycles. The van der Waals surface area contributed by atoms with Gasteiger partial charge in [-0.2, -0.15) is 28.4 Å². The molecule has 2 atom stereocenters. The number of benzene rings is 2. The number of carbonyl (C=O) groups is 1. The average Bonchev–Trinajstić information content (AvgIpc) is 3.91. The monoisotopic (exact) mass is 751 g/mol. The molecule has 0 bridgehead atoms. The molecule has 2 aromatic carbocycles. The van der Waals surface area contributed by atoms with Gasteiger partial charge < -0.3 is 25.4 Å². The van der Waals surface area contributed by atoms with Crippen LogP contribution in [0.1, 0.15) is 57.1 Å². The van der Waals surface area contributed by atoms with Gasteiger partial charge in [0.05, 0.1) is 29.5 Å². The van der Waals surface area contributed by atoms with Gasteiger partial charge in [-0.15, -0.1) is 11.3 Å². The van der Waals surface area contributed by atoms with Gasteiger partial charge in [-0.3, -0.25) is 4.90 Å². The van der Waals surface area contributed by atoms with Crippen molar-refractivity contribution in [2.75, 3.05) is 57.5 Å². The molecule has 5 heterocycles. The van der Waals surface area contributed by atoms with Gasteiger partial charge in [0.15, 0.2) is 5.82 Å². The minimum atomic E-state index is -5.00. The molecule has 4 aromatic rings. The number of rotatable bonds is 5. The topological polar surface area (TPSA) is 130 Å². The maximum atomic E-state index is 15.9. The summed E-state index contributed by atoms with van der Waals surface area (Å²) in [7, 11) is 1.23. The van der Waals surface area contributed by atoms with Gasteiger partial charge in [-0.25, -0.2) is 18.0 Å². The van der Waals surface area contributed by atoms with Gasteiger partial charge in [0.25, 0.3) is 0 Å². The molecular weight excluding hydrogens is 712 g/mol. The number of hydrogen-bond donors (Lipinski definition) is 2. The van der Waals surface area contributed by atoms with Crippen molar-refractivity contribution in [3.8, 4) is 23.2 Å². The molecular formula is C35H39F6N7O3S. The molecule has 0 spiro atoms. The number of aromatic nitrogens is 2. The molecule has 0 radical (unpaired) electrons. The lowest BCUT2D eigenvalue weighted by atomic mass is 9.92. The van der Waals surface area contributed by atoms with Crippen molar-refractivity contribution in [1.82, 2.24) is 19.8 Å². The number of nitrogens with one attached hydrogen (secondary N) is 1. The summed E-state index contributed by atoms with van der Waals surface area (Å²) in [5.74, 6) is -2.15. The van der Waals surface area contributed by atoms with Crippen LogP contribution < -0.4 is 15.8 Å². The van der Waals surface area contributed by atoms with Crippen LogP contribution in [-0.2, 0) is 10.9 Å². The van der Waals surface area contributed by atoms with Gasteiger partial charge in [-0.05, 0) is 70.2 Å². The number of alkyl halides is 4. The van der Waals surface area contributed by atoms with E-state index in [4.69, 9.17) is 15.2 Å². The maximum Gasteiger partial charge on any atom is 0.417 e. The molecule has 0 aliphatic carbocycles. The van der Waals surface area contributed by atoms with Crippen molar-refractivity contribution >= 4 is 49.2 Å². The lowest BCUT2D eigenvalue weighted by molar-refractivity contribution is -0.137. The summed E-state index contributed by atoms with van der Waals surface area (Å²) in [6, 6.07) is 4.75. The van der Waals surface area contributed by atoms with Crippen LogP contribution >= 0.6 is 11.3 Å². The Morgan fingerprint density at radius 1 is 1.15 bits per heavy atom. The molecule has 3 aliphatic rings. The minimum absolute atomic E-state index is 0.0444. The van der Waals surface area contributed by atoms with E-state index in [1.165, 1.54) is 20.0 Å². The number of nitriles is 1. The first-order valence-corrected chi connectivity index (χ1v) is 17.7. The zero-order chi connectivity index (χ0) is 37.7. The first kappa shape index (κ1) is 38.7. The van der Waals surface area contributed by atoms with E-state index in [1.54, 1.807) is 17.9 Å². The van der Waals surface area contributed by atoms with Crippen molar-refractivity contribution in [2.45, 2.75) is 64.3 Å². The Hall–Kier alpha value is -4.56. The minimum Gasteiger partial charge on any atom is -0.467 e. The molecule has 10 nitrogen and oxygen atoms in total. The molecule has 2 unspecified atom stereocenters. The Morgan fingerprint density at radius 2 is 1.88 bits per heavy atom. The first-order chi connectivity index (χ1) is 24.8. The standard InChI is InChI=1S/C21H14F5N5OS.C7H12FN.C7H13NO2/c1-3-29-19-9-6-11(21(24,25)26)14(15(23)16(9)30-20(31-19)32-2)8-4-5-12(22)17-13(8)10(7-27)18(28)33-17;8-6-4-7-2-1-3-9(7)5-6;1-2-10-7(9)8-5-3-4-6-8/h4-6H,3,28H2,1-2H3,(H,29,30,31);6-7H,1-5H2;2-6H2,1H3. The van der Waals surface area contributed by atoms with E-state index >= 15 is 4.39 Å². The summed E-state index contributed by atoms with van der Waals surface area (Å²) in [6.45, 7) is 7.89. The molecule has 3 aliphatic heterocycles. The first-order valence-electron chi connectivity index (χ1n) is 16.9. The number of fused-ring (bicyclic) bond motifs is 3. The van der Waals surface area contributed by atoms with Crippen LogP contribution in [0.5, 0.6) is 6.01 Å². The smallest absolute Gasteiger partial charge is 0.417 e. The average molecular weight is 752 g/mol. The highest BCUT2D eigenvalue weighted by Crippen LogP contribution is 2.47. The number of nitrogens with two attached hydrogens (primary N) is 1. The zero-order valence-electron chi connectivity index (χ0n) is 28.9. The van der Waals surface area contributed by atoms with Crippen molar-refractivity contribution in [3.63, 3.8) is 0 Å². The molecule has 2 aromatic heterocycles. The number of thiophene rings is 1. The van der Waals surface area contributed by atoms with E-state index in [0.29, 0.717) is 30.5 Å². The molecule has 52 heavy (non-hydrogen) atoms. The van der Waals surface area contributed by atoms with Crippen molar-refractivity contribution in [2.24, 2.45) is 0 Å². The molecule has 1 amide bonds. The molecule has 280 valence electrons. The highest BCUT2D eigenvalue weighted by Gasteiger charge is 2.38. The Bertz CT molecular complexity index is 1950. The largest absolute Gasteiger partial charge is 0.467 e.